The number of piperazine rings is 1. The molecule has 5 heterocycles. The number of piperidine rings is 1. The van der Waals surface area contributed by atoms with Crippen LogP contribution in [0.2, 0.25) is 0 Å². The van der Waals surface area contributed by atoms with E-state index < -0.39 is 5.60 Å². The number of nitrogens with one attached hydrogen (secondary N) is 1. The summed E-state index contributed by atoms with van der Waals surface area (Å²) in [6.07, 6.45) is 6.69. The lowest BCUT2D eigenvalue weighted by Gasteiger charge is -2.43. The molecule has 3 aromatic heterocycles. The van der Waals surface area contributed by atoms with Gasteiger partial charge in [0.25, 0.3) is 0 Å². The number of hydrogen-bond acceptors (Lipinski definition) is 8. The Morgan fingerprint density at radius 1 is 0.907 bits per heavy atom. The largest absolute Gasteiger partial charge is 0.384 e. The van der Waals surface area contributed by atoms with Crippen molar-refractivity contribution in [3.8, 4) is 5.82 Å². The number of anilines is 3. The van der Waals surface area contributed by atoms with E-state index in [4.69, 9.17) is 9.97 Å². The summed E-state index contributed by atoms with van der Waals surface area (Å²) in [7, 11) is 2.23. The number of benzene rings is 1. The minimum Gasteiger partial charge on any atom is -0.384 e. The van der Waals surface area contributed by atoms with Gasteiger partial charge < -0.3 is 20.2 Å². The van der Waals surface area contributed by atoms with Gasteiger partial charge in [0.15, 0.2) is 5.65 Å². The summed E-state index contributed by atoms with van der Waals surface area (Å²) in [5.41, 5.74) is 5.21. The Labute approximate surface area is 254 Å². The van der Waals surface area contributed by atoms with E-state index in [0.717, 1.165) is 35.6 Å². The Bertz CT molecular complexity index is 1600. The van der Waals surface area contributed by atoms with Crippen molar-refractivity contribution in [2.24, 2.45) is 0 Å². The van der Waals surface area contributed by atoms with E-state index in [1.807, 2.05) is 24.4 Å². The Morgan fingerprint density at radius 2 is 1.67 bits per heavy atom. The van der Waals surface area contributed by atoms with E-state index in [1.165, 1.54) is 68.8 Å². The third-order valence-electron chi connectivity index (χ3n) is 9.47. The van der Waals surface area contributed by atoms with E-state index in [1.54, 1.807) is 13.8 Å². The number of aromatic nitrogens is 4. The average molecular weight is 581 g/mol. The Morgan fingerprint density at radius 3 is 2.37 bits per heavy atom. The quantitative estimate of drug-likeness (QED) is 0.309. The molecule has 0 radical (unpaired) electrons. The Kier molecular flexibility index (Phi) is 7.35. The summed E-state index contributed by atoms with van der Waals surface area (Å²) in [5, 5.41) is 15.1. The van der Waals surface area contributed by atoms with Crippen LogP contribution < -0.4 is 10.2 Å². The number of fused-ring (bicyclic) bond motifs is 1. The number of nitrogens with zero attached hydrogens (tertiary/aromatic N) is 7. The highest BCUT2D eigenvalue weighted by Gasteiger charge is 2.30. The van der Waals surface area contributed by atoms with Gasteiger partial charge in [-0.1, -0.05) is 6.07 Å². The zero-order chi connectivity index (χ0) is 29.7. The van der Waals surface area contributed by atoms with Gasteiger partial charge in [-0.2, -0.15) is 4.98 Å². The molecule has 4 aromatic rings. The first-order chi connectivity index (χ1) is 20.7. The predicted molar refractivity (Wildman–Crippen MR) is 173 cm³/mol. The zero-order valence-electron chi connectivity index (χ0n) is 25.9. The van der Waals surface area contributed by atoms with Crippen molar-refractivity contribution in [2.45, 2.75) is 64.0 Å². The molecule has 0 spiro atoms. The first-order valence-electron chi connectivity index (χ1n) is 15.9. The Hall–Kier alpha value is -3.53. The molecule has 3 aliphatic rings. The lowest BCUT2D eigenvalue weighted by atomic mass is 10.0. The van der Waals surface area contributed by atoms with Gasteiger partial charge in [0, 0.05) is 74.0 Å². The predicted octanol–water partition coefficient (Wildman–Crippen LogP) is 5.19. The van der Waals surface area contributed by atoms with Crippen molar-refractivity contribution in [3.05, 3.63) is 65.6 Å². The fourth-order valence-corrected chi connectivity index (χ4v) is 6.75. The van der Waals surface area contributed by atoms with Crippen LogP contribution in [0.3, 0.4) is 0 Å². The molecule has 0 bridgehead atoms. The molecule has 3 fully saturated rings. The number of hydrogen-bond donors (Lipinski definition) is 2. The minimum absolute atomic E-state index is 0.500. The van der Waals surface area contributed by atoms with E-state index in [0.29, 0.717) is 23.6 Å². The van der Waals surface area contributed by atoms with Gasteiger partial charge in [-0.3, -0.25) is 9.47 Å². The van der Waals surface area contributed by atoms with Crippen molar-refractivity contribution < 1.29 is 5.11 Å². The van der Waals surface area contributed by atoms with Crippen LogP contribution in [0.1, 0.15) is 62.4 Å². The maximum absolute atomic E-state index is 10.6. The normalized spacial score (nSPS) is 19.3. The molecule has 0 atom stereocenters. The molecule has 2 N–H and O–H groups in total. The van der Waals surface area contributed by atoms with Crippen LogP contribution in [0, 0.1) is 6.92 Å². The summed E-state index contributed by atoms with van der Waals surface area (Å²) < 4.78 is 2.15. The average Bonchev–Trinajstić information content (AvgIpc) is 3.78. The van der Waals surface area contributed by atoms with Gasteiger partial charge in [-0.25, -0.2) is 9.97 Å². The van der Waals surface area contributed by atoms with Crippen molar-refractivity contribution in [2.75, 3.05) is 56.5 Å². The standard InChI is InChI=1S/C34H44N8O/c1-23-20-26(10-11-28(23)41-14-12-27(13-15-41)40-18-16-39(4)17-19-40)36-33-35-22-25-21-29(24-8-9-24)42(32(25)38-33)31-7-5-6-30(37-31)34(2,3)43/h5-7,10-11,20-22,24,27,43H,8-9,12-19H2,1-4H3,(H,35,36,38). The second-order valence-corrected chi connectivity index (χ2v) is 13.3. The number of pyridine rings is 1. The highest BCUT2D eigenvalue weighted by Crippen LogP contribution is 2.43. The fourth-order valence-electron chi connectivity index (χ4n) is 6.75. The van der Waals surface area contributed by atoms with Crippen LogP contribution in [0.25, 0.3) is 16.9 Å². The van der Waals surface area contributed by atoms with Crippen LogP contribution in [-0.4, -0.2) is 86.8 Å². The number of rotatable bonds is 7. The van der Waals surface area contributed by atoms with Gasteiger partial charge in [-0.05, 0) is 101 Å². The van der Waals surface area contributed by atoms with Crippen LogP contribution in [0.4, 0.5) is 17.3 Å². The Balaban J connectivity index is 1.10. The molecule has 1 aliphatic carbocycles. The fraction of sp³-hybridized carbons (Fsp3) is 0.500. The number of aryl methyl sites for hydroxylation is 1. The van der Waals surface area contributed by atoms with E-state index in [-0.39, 0.29) is 0 Å². The first kappa shape index (κ1) is 28.3. The molecule has 1 aromatic carbocycles. The monoisotopic (exact) mass is 580 g/mol. The first-order valence-corrected chi connectivity index (χ1v) is 15.9. The molecular weight excluding hydrogens is 536 g/mol. The molecule has 0 amide bonds. The summed E-state index contributed by atoms with van der Waals surface area (Å²) >= 11 is 0. The summed E-state index contributed by atoms with van der Waals surface area (Å²) in [6, 6.07) is 15.3. The molecule has 9 heteroatoms. The second-order valence-electron chi connectivity index (χ2n) is 13.3. The van der Waals surface area contributed by atoms with Gasteiger partial charge in [0.05, 0.1) is 5.69 Å². The van der Waals surface area contributed by atoms with Gasteiger partial charge in [0.2, 0.25) is 5.95 Å². The lowest BCUT2D eigenvalue weighted by molar-refractivity contribution is 0.0738. The molecule has 2 aliphatic heterocycles. The zero-order valence-corrected chi connectivity index (χ0v) is 25.9. The highest BCUT2D eigenvalue weighted by atomic mass is 16.3. The van der Waals surface area contributed by atoms with Gasteiger partial charge >= 0.3 is 0 Å². The minimum atomic E-state index is -1.02. The number of aliphatic hydroxyl groups is 1. The van der Waals surface area contributed by atoms with Crippen LogP contribution in [0.5, 0.6) is 0 Å². The molecule has 9 nitrogen and oxygen atoms in total. The van der Waals surface area contributed by atoms with Crippen LogP contribution in [0.15, 0.2) is 48.7 Å². The van der Waals surface area contributed by atoms with Crippen molar-refractivity contribution in [1.82, 2.24) is 29.3 Å². The third kappa shape index (κ3) is 5.86. The van der Waals surface area contributed by atoms with Crippen molar-refractivity contribution in [1.29, 1.82) is 0 Å². The van der Waals surface area contributed by atoms with Gasteiger partial charge in [0.1, 0.15) is 11.4 Å². The highest BCUT2D eigenvalue weighted by molar-refractivity contribution is 5.80. The topological polar surface area (TPSA) is 85.6 Å². The van der Waals surface area contributed by atoms with Crippen LogP contribution >= 0.6 is 0 Å². The summed E-state index contributed by atoms with van der Waals surface area (Å²) in [6.45, 7) is 12.7. The molecule has 0 unspecified atom stereocenters. The van der Waals surface area contributed by atoms with Crippen molar-refractivity contribution in [3.63, 3.8) is 0 Å². The molecule has 1 saturated carbocycles. The van der Waals surface area contributed by atoms with Crippen molar-refractivity contribution >= 4 is 28.4 Å². The smallest absolute Gasteiger partial charge is 0.229 e. The van der Waals surface area contributed by atoms with Crippen LogP contribution in [-0.2, 0) is 5.60 Å². The van der Waals surface area contributed by atoms with E-state index >= 15 is 0 Å². The second kappa shape index (κ2) is 11.2. The lowest BCUT2D eigenvalue weighted by Crippen LogP contribution is -2.52. The molecule has 43 heavy (non-hydrogen) atoms. The summed E-state index contributed by atoms with van der Waals surface area (Å²) in [4.78, 5) is 22.2. The third-order valence-corrected chi connectivity index (χ3v) is 9.47. The van der Waals surface area contributed by atoms with Gasteiger partial charge in [-0.15, -0.1) is 0 Å². The molecule has 2 saturated heterocycles. The SMILES string of the molecule is Cc1cc(Nc2ncc3cc(C4CC4)n(-c4cccc(C(C)(C)O)n4)c3n2)ccc1N1CCC(N2CCN(C)CC2)CC1. The molecule has 7 rings (SSSR count). The maximum atomic E-state index is 10.6. The molecule has 226 valence electrons. The number of likely N-dealkylation sites (N-methyl/N-ethyl adjacent to an activating group) is 1. The van der Waals surface area contributed by atoms with E-state index in [2.05, 4.69) is 67.8 Å². The maximum Gasteiger partial charge on any atom is 0.229 e. The van der Waals surface area contributed by atoms with E-state index in [9.17, 15) is 5.11 Å². The molecular formula is C34H44N8O. The summed E-state index contributed by atoms with van der Waals surface area (Å²) in [5.74, 6) is 1.84.